The third-order valence-corrected chi connectivity index (χ3v) is 4.47. The zero-order valence-electron chi connectivity index (χ0n) is 17.6. The van der Waals surface area contributed by atoms with Gasteiger partial charge in [-0.2, -0.15) is 26.3 Å². The molecule has 3 rings (SSSR count). The second kappa shape index (κ2) is 9.67. The third kappa shape index (κ3) is 6.77. The van der Waals surface area contributed by atoms with Crippen LogP contribution in [0.5, 0.6) is 0 Å². The van der Waals surface area contributed by atoms with Crippen molar-refractivity contribution in [2.24, 2.45) is 0 Å². The zero-order valence-corrected chi connectivity index (χ0v) is 17.6. The summed E-state index contributed by atoms with van der Waals surface area (Å²) >= 11 is 0. The van der Waals surface area contributed by atoms with Crippen molar-refractivity contribution in [2.75, 3.05) is 0 Å². The van der Waals surface area contributed by atoms with Crippen molar-refractivity contribution in [3.8, 4) is 0 Å². The molecule has 2 radical (unpaired) electrons. The molecule has 0 amide bonds. The molecule has 168 valence electrons. The predicted molar refractivity (Wildman–Crippen MR) is 113 cm³/mol. The Labute approximate surface area is 183 Å². The van der Waals surface area contributed by atoms with E-state index in [4.69, 9.17) is 7.85 Å². The smallest absolute Gasteiger partial charge is 0.348 e. The molecule has 0 aliphatic rings. The van der Waals surface area contributed by atoms with Crippen LogP contribution in [0.4, 0.5) is 26.3 Å². The van der Waals surface area contributed by atoms with Crippen molar-refractivity contribution in [3.05, 3.63) is 95.0 Å². The lowest BCUT2D eigenvalue weighted by Gasteiger charge is -2.14. The van der Waals surface area contributed by atoms with Gasteiger partial charge in [0.2, 0.25) is 0 Å². The van der Waals surface area contributed by atoms with Gasteiger partial charge < -0.3 is 4.98 Å². The van der Waals surface area contributed by atoms with Gasteiger partial charge >= 0.3 is 12.4 Å². The number of aromatic amines is 1. The Bertz CT molecular complexity index is 986. The van der Waals surface area contributed by atoms with Crippen LogP contribution in [0.25, 0.3) is 5.57 Å². The Morgan fingerprint density at radius 3 is 1.59 bits per heavy atom. The molecule has 1 aromatic heterocycles. The van der Waals surface area contributed by atoms with Crippen molar-refractivity contribution in [2.45, 2.75) is 38.5 Å². The average molecular weight is 450 g/mol. The van der Waals surface area contributed by atoms with Crippen LogP contribution >= 0.6 is 0 Å². The van der Waals surface area contributed by atoms with E-state index >= 15 is 0 Å². The van der Waals surface area contributed by atoms with Gasteiger partial charge in [-0.25, -0.2) is 4.98 Å². The van der Waals surface area contributed by atoms with E-state index in [1.165, 1.54) is 30.0 Å². The molecule has 9 heteroatoms. The highest BCUT2D eigenvalue weighted by atomic mass is 19.4. The quantitative estimate of drug-likeness (QED) is 0.331. The van der Waals surface area contributed by atoms with E-state index in [-0.39, 0.29) is 22.1 Å². The first kappa shape index (κ1) is 25.3. The van der Waals surface area contributed by atoms with E-state index in [1.807, 2.05) is 6.20 Å². The van der Waals surface area contributed by atoms with E-state index < -0.39 is 23.5 Å². The molecular formula is C23H21BF6N2. The summed E-state index contributed by atoms with van der Waals surface area (Å²) in [6.07, 6.45) is -5.53. The number of hydrogen-bond donors (Lipinski definition) is 1. The van der Waals surface area contributed by atoms with Gasteiger partial charge in [0.15, 0.2) is 0 Å². The summed E-state index contributed by atoms with van der Waals surface area (Å²) in [7, 11) is 5.43. The minimum atomic E-state index is -4.55. The van der Waals surface area contributed by atoms with Gasteiger partial charge in [0.05, 0.1) is 17.5 Å². The van der Waals surface area contributed by atoms with Crippen molar-refractivity contribution in [1.29, 1.82) is 0 Å². The van der Waals surface area contributed by atoms with Crippen LogP contribution in [0.1, 0.15) is 48.7 Å². The lowest BCUT2D eigenvalue weighted by molar-refractivity contribution is -0.138. The van der Waals surface area contributed by atoms with E-state index in [0.717, 1.165) is 30.2 Å². The lowest BCUT2D eigenvalue weighted by Crippen LogP contribution is -2.10. The summed E-state index contributed by atoms with van der Waals surface area (Å²) in [6.45, 7) is 6.46. The third-order valence-electron chi connectivity index (χ3n) is 4.47. The Morgan fingerprint density at radius 1 is 0.844 bits per heavy atom. The Kier molecular flexibility index (Phi) is 7.64. The standard InChI is InChI=1S/C16H9BF6.C7H12N2/c17-9-14(10-3-1-5-12(7-10)15(18,19)20)11-4-2-6-13(8-11)16(21,22)23;1-7(2,3)6-4-8-5-9-6/h1-9H;4-5H,1-3H3,(H,8,9). The maximum absolute atomic E-state index is 12.8. The number of halogens is 6. The first-order chi connectivity index (χ1) is 14.7. The molecule has 0 aliphatic carbocycles. The number of alkyl halides is 6. The number of nitrogens with one attached hydrogen (secondary N) is 1. The first-order valence-electron chi connectivity index (χ1n) is 9.49. The number of rotatable bonds is 2. The highest BCUT2D eigenvalue weighted by Gasteiger charge is 2.32. The Morgan fingerprint density at radius 2 is 1.31 bits per heavy atom. The normalized spacial score (nSPS) is 12.0. The highest BCUT2D eigenvalue weighted by Crippen LogP contribution is 2.35. The minimum absolute atomic E-state index is 0.0849. The van der Waals surface area contributed by atoms with Gasteiger partial charge in [0, 0.05) is 17.3 Å². The van der Waals surface area contributed by atoms with Crippen LogP contribution < -0.4 is 0 Å². The molecule has 0 aliphatic heterocycles. The topological polar surface area (TPSA) is 28.7 Å². The molecule has 1 N–H and O–H groups in total. The molecule has 1 heterocycles. The van der Waals surface area contributed by atoms with Gasteiger partial charge in [0.25, 0.3) is 0 Å². The zero-order chi connectivity index (χ0) is 24.2. The fourth-order valence-electron chi connectivity index (χ4n) is 2.75. The van der Waals surface area contributed by atoms with E-state index in [0.29, 0.717) is 0 Å². The van der Waals surface area contributed by atoms with Gasteiger partial charge in [-0.3, -0.25) is 0 Å². The molecule has 2 nitrogen and oxygen atoms in total. The van der Waals surface area contributed by atoms with Crippen LogP contribution in [-0.2, 0) is 17.8 Å². The average Bonchev–Trinajstić information content (AvgIpc) is 3.24. The lowest BCUT2D eigenvalue weighted by atomic mass is 9.90. The molecule has 0 atom stereocenters. The summed E-state index contributed by atoms with van der Waals surface area (Å²) in [5.41, 5.74) is -0.160. The number of H-pyrrole nitrogens is 1. The molecule has 0 saturated carbocycles. The Hall–Kier alpha value is -2.97. The number of hydrogen-bond acceptors (Lipinski definition) is 1. The second-order valence-corrected chi connectivity index (χ2v) is 7.95. The molecule has 0 spiro atoms. The summed E-state index contributed by atoms with van der Waals surface area (Å²) in [6, 6.07) is 8.51. The number of imidazole rings is 1. The second-order valence-electron chi connectivity index (χ2n) is 7.95. The van der Waals surface area contributed by atoms with Crippen LogP contribution in [-0.4, -0.2) is 17.8 Å². The van der Waals surface area contributed by atoms with Gasteiger partial charge in [-0.1, -0.05) is 45.0 Å². The predicted octanol–water partition coefficient (Wildman–Crippen LogP) is 6.99. The van der Waals surface area contributed by atoms with Crippen LogP contribution in [0, 0.1) is 0 Å². The molecule has 0 saturated heterocycles. The number of nitrogens with zero attached hydrogens (tertiary/aromatic N) is 1. The number of benzene rings is 2. The molecule has 0 unspecified atom stereocenters. The molecule has 2 aromatic carbocycles. The van der Waals surface area contributed by atoms with E-state index in [1.54, 1.807) is 6.33 Å². The molecule has 0 bridgehead atoms. The van der Waals surface area contributed by atoms with Crippen LogP contribution in [0.3, 0.4) is 0 Å². The molecular weight excluding hydrogens is 429 g/mol. The molecule has 0 fully saturated rings. The molecule has 3 aromatic rings. The largest absolute Gasteiger partial charge is 0.416 e. The number of aromatic nitrogens is 2. The maximum Gasteiger partial charge on any atom is 0.416 e. The monoisotopic (exact) mass is 450 g/mol. The highest BCUT2D eigenvalue weighted by molar-refractivity contribution is 6.21. The van der Waals surface area contributed by atoms with Crippen LogP contribution in [0.15, 0.2) is 67.0 Å². The Balaban J connectivity index is 0.000000336. The van der Waals surface area contributed by atoms with Crippen molar-refractivity contribution < 1.29 is 26.3 Å². The summed E-state index contributed by atoms with van der Waals surface area (Å²) < 4.78 is 76.6. The van der Waals surface area contributed by atoms with Gasteiger partial charge in [-0.15, -0.1) is 5.98 Å². The maximum atomic E-state index is 12.8. The first-order valence-corrected chi connectivity index (χ1v) is 9.49. The van der Waals surface area contributed by atoms with Crippen molar-refractivity contribution >= 4 is 13.4 Å². The summed E-state index contributed by atoms with van der Waals surface area (Å²) in [5.74, 6) is 0.991. The fourth-order valence-corrected chi connectivity index (χ4v) is 2.75. The van der Waals surface area contributed by atoms with E-state index in [9.17, 15) is 26.3 Å². The van der Waals surface area contributed by atoms with Gasteiger partial charge in [0.1, 0.15) is 7.85 Å². The minimum Gasteiger partial charge on any atom is -0.348 e. The molecule has 32 heavy (non-hydrogen) atoms. The van der Waals surface area contributed by atoms with Crippen LogP contribution in [0.2, 0.25) is 0 Å². The SMILES string of the molecule is CC(C)(C)c1cnc[nH]1.[B]C=C(c1cccc(C(F)(F)F)c1)c1cccc(C(F)(F)F)c1. The van der Waals surface area contributed by atoms with Gasteiger partial charge in [-0.05, 0) is 41.0 Å². The van der Waals surface area contributed by atoms with Crippen molar-refractivity contribution in [3.63, 3.8) is 0 Å². The van der Waals surface area contributed by atoms with Crippen molar-refractivity contribution in [1.82, 2.24) is 9.97 Å². The summed E-state index contributed by atoms with van der Waals surface area (Å²) in [5, 5.41) is 0. The fraction of sp³-hybridized carbons (Fsp3) is 0.261. The summed E-state index contributed by atoms with van der Waals surface area (Å²) in [4.78, 5) is 7.00. The van der Waals surface area contributed by atoms with E-state index in [2.05, 4.69) is 30.7 Å².